The van der Waals surface area contributed by atoms with Crippen LogP contribution in [0.5, 0.6) is 0 Å². The lowest BCUT2D eigenvalue weighted by molar-refractivity contribution is -0.161. The van der Waals surface area contributed by atoms with E-state index in [-0.39, 0.29) is 16.8 Å². The van der Waals surface area contributed by atoms with Gasteiger partial charge in [-0.05, 0) is 136 Å². The summed E-state index contributed by atoms with van der Waals surface area (Å²) in [5.41, 5.74) is 3.74. The summed E-state index contributed by atoms with van der Waals surface area (Å²) in [5, 5.41) is 1.17. The van der Waals surface area contributed by atoms with Gasteiger partial charge >= 0.3 is 12.4 Å². The number of fused-ring (bicyclic) bond motifs is 4. The monoisotopic (exact) mass is 792 g/mol. The highest BCUT2D eigenvalue weighted by Gasteiger charge is 2.43. The fourth-order valence-corrected chi connectivity index (χ4v) is 7.45. The van der Waals surface area contributed by atoms with E-state index in [1.54, 1.807) is 30.3 Å². The first-order valence-corrected chi connectivity index (χ1v) is 18.4. The molecule has 0 fully saturated rings. The van der Waals surface area contributed by atoms with Gasteiger partial charge in [0.2, 0.25) is 11.8 Å². The van der Waals surface area contributed by atoms with Gasteiger partial charge in [0.1, 0.15) is 11.0 Å². The molecule has 0 N–H and O–H groups in total. The maximum Gasteiger partial charge on any atom is 0.417 e. The van der Waals surface area contributed by atoms with Gasteiger partial charge in [0, 0.05) is 28.2 Å². The first-order valence-electron chi connectivity index (χ1n) is 18.9. The summed E-state index contributed by atoms with van der Waals surface area (Å²) in [4.78, 5) is 11.3. The number of hydrogen-bond acceptors (Lipinski definition) is 5. The molecule has 8 aromatic carbocycles. The fourth-order valence-electron chi connectivity index (χ4n) is 7.45. The summed E-state index contributed by atoms with van der Waals surface area (Å²) in [6.45, 7) is 0. The Labute approximate surface area is 332 Å². The van der Waals surface area contributed by atoms with Crippen molar-refractivity contribution in [2.45, 2.75) is 12.4 Å². The Kier molecular flexibility index (Phi) is 8.04. The first kappa shape index (κ1) is 34.8. The maximum absolute atomic E-state index is 14.0. The Bertz CT molecular complexity index is 3080. The van der Waals surface area contributed by atoms with Crippen molar-refractivity contribution in [1.82, 2.24) is 9.97 Å². The molecule has 0 amide bonds. The maximum atomic E-state index is 14.0. The molecule has 0 aliphatic rings. The zero-order valence-electron chi connectivity index (χ0n) is 31.4. The number of anilines is 3. The molecule has 0 saturated carbocycles. The number of halogens is 6. The van der Waals surface area contributed by atoms with Gasteiger partial charge in [-0.25, -0.2) is 9.97 Å². The third-order valence-electron chi connectivity index (χ3n) is 10.3. The number of para-hydroxylation sites is 4. The molecule has 5 nitrogen and oxygen atoms in total. The largest absolute Gasteiger partial charge is 0.436 e. The van der Waals surface area contributed by atoms with Crippen LogP contribution in [-0.2, 0) is 12.4 Å². The van der Waals surface area contributed by atoms with Crippen LogP contribution < -0.4 is 4.90 Å². The van der Waals surface area contributed by atoms with Crippen molar-refractivity contribution in [2.24, 2.45) is 0 Å². The number of oxazole rings is 2. The van der Waals surface area contributed by atoms with Crippen LogP contribution in [0.1, 0.15) is 12.5 Å². The van der Waals surface area contributed by atoms with Crippen LogP contribution in [0.15, 0.2) is 173 Å². The topological polar surface area (TPSA) is 55.3 Å². The Balaban J connectivity index is 1.07. The molecule has 11 heteroatoms. The first-order chi connectivity index (χ1) is 28.9. The third kappa shape index (κ3) is 6.60. The zero-order valence-corrected chi connectivity index (χ0v) is 30.4. The quantitative estimate of drug-likeness (QED) is 0.157. The summed E-state index contributed by atoms with van der Waals surface area (Å²) in [5.74, 6) is 0.933. The third-order valence-corrected chi connectivity index (χ3v) is 10.3. The Morgan fingerprint density at radius 2 is 1.00 bits per heavy atom. The summed E-state index contributed by atoms with van der Waals surface area (Å²) in [6.07, 6.45) is -10.4. The number of benzene rings is 8. The highest BCUT2D eigenvalue weighted by Crippen LogP contribution is 2.45. The molecule has 288 valence electrons. The zero-order chi connectivity index (χ0) is 41.3. The van der Waals surface area contributed by atoms with Crippen molar-refractivity contribution < 1.29 is 36.5 Å². The van der Waals surface area contributed by atoms with Crippen molar-refractivity contribution in [3.8, 4) is 34.0 Å². The minimum Gasteiger partial charge on any atom is -0.436 e. The Morgan fingerprint density at radius 1 is 0.458 bits per heavy atom. The molecular weight excluding hydrogens is 765 g/mol. The number of rotatable bonds is 6. The van der Waals surface area contributed by atoms with E-state index in [1.165, 1.54) is 12.1 Å². The van der Waals surface area contributed by atoms with Crippen molar-refractivity contribution in [3.05, 3.63) is 175 Å². The van der Waals surface area contributed by atoms with Crippen LogP contribution >= 0.6 is 0 Å². The second-order valence-corrected chi connectivity index (χ2v) is 14.0. The Morgan fingerprint density at radius 3 is 1.56 bits per heavy atom. The van der Waals surface area contributed by atoms with Crippen LogP contribution in [0.2, 0.25) is 0 Å². The second kappa shape index (κ2) is 13.6. The van der Waals surface area contributed by atoms with Gasteiger partial charge in [0.05, 0.1) is 12.5 Å². The lowest BCUT2D eigenvalue weighted by Gasteiger charge is -2.26. The van der Waals surface area contributed by atoms with Crippen molar-refractivity contribution in [2.75, 3.05) is 4.90 Å². The van der Waals surface area contributed by atoms with E-state index < -0.39 is 23.5 Å². The SMILES string of the molecule is [2H]c1cc(N(c2ccc(-c3nc4ccccc4o3)cc2)c2ccc(-c3nc4ccccc4o3)cc2)cc2ccc(-c3cccc4cc(C(F)(F)F)c(C(F)(F)F)cc34)cc12. The molecule has 0 saturated heterocycles. The van der Waals surface area contributed by atoms with Crippen molar-refractivity contribution >= 4 is 60.8 Å². The smallest absolute Gasteiger partial charge is 0.417 e. The molecule has 0 radical (unpaired) electrons. The van der Waals surface area contributed by atoms with Crippen LogP contribution in [0.4, 0.5) is 43.4 Å². The molecule has 0 atom stereocenters. The standard InChI is InChI=1S/C48H27F6N3O2/c49-47(50,51)39-26-32-6-5-7-37(38(32)27-40(39)48(52,53)54)33-13-12-31-25-36(23-18-30(31)24-33)57(34-19-14-28(15-20-34)45-55-41-8-1-3-10-43(41)58-45)35-21-16-29(17-22-35)46-56-42-9-2-4-11-44(42)59-46/h1-27H/i18D. The number of hydrogen-bond donors (Lipinski definition) is 0. The van der Waals surface area contributed by atoms with Crippen molar-refractivity contribution in [1.29, 1.82) is 0 Å². The molecular formula is C48H27F6N3O2. The summed E-state index contributed by atoms with van der Waals surface area (Å²) in [7, 11) is 0. The molecule has 0 bridgehead atoms. The predicted octanol–water partition coefficient (Wildman–Crippen LogP) is 14.8. The molecule has 10 aromatic rings. The molecule has 59 heavy (non-hydrogen) atoms. The van der Waals surface area contributed by atoms with Gasteiger partial charge in [-0.2, -0.15) is 26.3 Å². The fraction of sp³-hybridized carbons (Fsp3) is 0.0417. The van der Waals surface area contributed by atoms with E-state index in [1.807, 2.05) is 108 Å². The van der Waals surface area contributed by atoms with E-state index in [2.05, 4.69) is 9.97 Å². The van der Waals surface area contributed by atoms with Crippen LogP contribution in [0.3, 0.4) is 0 Å². The summed E-state index contributed by atoms with van der Waals surface area (Å²) < 4.78 is 104. The number of nitrogens with zero attached hydrogens (tertiary/aromatic N) is 3. The molecule has 0 aliphatic heterocycles. The van der Waals surface area contributed by atoms with Gasteiger partial charge in [0.25, 0.3) is 0 Å². The Hall–Kier alpha value is -7.40. The highest BCUT2D eigenvalue weighted by atomic mass is 19.4. The van der Waals surface area contributed by atoms with E-state index in [4.69, 9.17) is 8.83 Å². The summed E-state index contributed by atoms with van der Waals surface area (Å²) in [6, 6.07) is 44.7. The van der Waals surface area contributed by atoms with Gasteiger partial charge < -0.3 is 13.7 Å². The average Bonchev–Trinajstić information content (AvgIpc) is 3.88. The summed E-state index contributed by atoms with van der Waals surface area (Å²) >= 11 is 0. The van der Waals surface area contributed by atoms with Gasteiger partial charge in [-0.3, -0.25) is 0 Å². The van der Waals surface area contributed by atoms with Crippen LogP contribution in [0, 0.1) is 0 Å². The van der Waals surface area contributed by atoms with E-state index in [0.29, 0.717) is 62.7 Å². The minimum atomic E-state index is -5.23. The predicted molar refractivity (Wildman–Crippen MR) is 218 cm³/mol. The van der Waals surface area contributed by atoms with Crippen LogP contribution in [0.25, 0.3) is 77.8 Å². The van der Waals surface area contributed by atoms with Gasteiger partial charge in [-0.15, -0.1) is 0 Å². The molecule has 0 unspecified atom stereocenters. The number of alkyl halides is 6. The highest BCUT2D eigenvalue weighted by molar-refractivity contribution is 6.00. The normalized spacial score (nSPS) is 12.5. The molecule has 0 aliphatic carbocycles. The molecule has 0 spiro atoms. The lowest BCUT2D eigenvalue weighted by atomic mass is 9.92. The molecule has 10 rings (SSSR count). The van der Waals surface area contributed by atoms with E-state index in [9.17, 15) is 27.7 Å². The molecule has 2 aromatic heterocycles. The van der Waals surface area contributed by atoms with Crippen LogP contribution in [-0.4, -0.2) is 9.97 Å². The van der Waals surface area contributed by atoms with Crippen molar-refractivity contribution in [3.63, 3.8) is 0 Å². The van der Waals surface area contributed by atoms with E-state index >= 15 is 0 Å². The minimum absolute atomic E-state index is 0.00842. The van der Waals surface area contributed by atoms with Gasteiger partial charge in [-0.1, -0.05) is 60.6 Å². The van der Waals surface area contributed by atoms with E-state index in [0.717, 1.165) is 33.5 Å². The second-order valence-electron chi connectivity index (χ2n) is 14.0. The lowest BCUT2D eigenvalue weighted by Crippen LogP contribution is -2.16. The average molecular weight is 793 g/mol. The molecule has 2 heterocycles. The van der Waals surface area contributed by atoms with Gasteiger partial charge in [0.15, 0.2) is 11.2 Å². The number of aromatic nitrogens is 2.